The number of hydrogen-bond donors (Lipinski definition) is 1. The van der Waals surface area contributed by atoms with Gasteiger partial charge in [-0.2, -0.15) is 5.10 Å². The summed E-state index contributed by atoms with van der Waals surface area (Å²) in [4.78, 5) is 0. The SMILES string of the molecule is CC(CN)n1cc(-c2ccc(I)cc2)cn1. The third kappa shape index (κ3) is 2.44. The lowest BCUT2D eigenvalue weighted by Gasteiger charge is -2.07. The van der Waals surface area contributed by atoms with Crippen molar-refractivity contribution in [2.24, 2.45) is 5.73 Å². The zero-order valence-electron chi connectivity index (χ0n) is 9.10. The van der Waals surface area contributed by atoms with Crippen LogP contribution in [0.25, 0.3) is 11.1 Å². The Balaban J connectivity index is 2.28. The Morgan fingerprint density at radius 2 is 2.00 bits per heavy atom. The molecule has 0 aliphatic carbocycles. The Morgan fingerprint density at radius 1 is 1.31 bits per heavy atom. The van der Waals surface area contributed by atoms with Crippen LogP contribution >= 0.6 is 22.6 Å². The van der Waals surface area contributed by atoms with Crippen LogP contribution < -0.4 is 5.73 Å². The molecule has 1 aromatic carbocycles. The Morgan fingerprint density at radius 3 is 2.62 bits per heavy atom. The third-order valence-electron chi connectivity index (χ3n) is 2.57. The molecule has 2 N–H and O–H groups in total. The van der Waals surface area contributed by atoms with Crippen molar-refractivity contribution in [3.63, 3.8) is 0 Å². The zero-order valence-corrected chi connectivity index (χ0v) is 11.3. The summed E-state index contributed by atoms with van der Waals surface area (Å²) in [6.07, 6.45) is 3.92. The molecule has 2 rings (SSSR count). The van der Waals surface area contributed by atoms with Crippen LogP contribution in [0.1, 0.15) is 13.0 Å². The van der Waals surface area contributed by atoms with E-state index in [0.717, 1.165) is 5.56 Å². The van der Waals surface area contributed by atoms with E-state index in [1.165, 1.54) is 9.13 Å². The predicted octanol–water partition coefficient (Wildman–Crippen LogP) is 2.67. The summed E-state index contributed by atoms with van der Waals surface area (Å²) < 4.78 is 3.15. The molecule has 84 valence electrons. The molecule has 1 heterocycles. The van der Waals surface area contributed by atoms with Gasteiger partial charge < -0.3 is 5.73 Å². The van der Waals surface area contributed by atoms with Crippen molar-refractivity contribution in [1.82, 2.24) is 9.78 Å². The quantitative estimate of drug-likeness (QED) is 0.881. The molecule has 4 heteroatoms. The van der Waals surface area contributed by atoms with E-state index in [4.69, 9.17) is 5.73 Å². The van der Waals surface area contributed by atoms with Crippen LogP contribution in [0.15, 0.2) is 36.7 Å². The van der Waals surface area contributed by atoms with Crippen molar-refractivity contribution >= 4 is 22.6 Å². The molecule has 1 atom stereocenters. The summed E-state index contributed by atoms with van der Waals surface area (Å²) in [5.41, 5.74) is 7.94. The normalized spacial score (nSPS) is 12.7. The molecule has 0 spiro atoms. The molecule has 0 aliphatic heterocycles. The average Bonchev–Trinajstić information content (AvgIpc) is 2.78. The topological polar surface area (TPSA) is 43.8 Å². The summed E-state index contributed by atoms with van der Waals surface area (Å²) >= 11 is 2.30. The van der Waals surface area contributed by atoms with Gasteiger partial charge in [-0.15, -0.1) is 0 Å². The fourth-order valence-electron chi connectivity index (χ4n) is 1.48. The molecule has 16 heavy (non-hydrogen) atoms. The highest BCUT2D eigenvalue weighted by Gasteiger charge is 2.05. The predicted molar refractivity (Wildman–Crippen MR) is 74.1 cm³/mol. The van der Waals surface area contributed by atoms with Crippen molar-refractivity contribution in [1.29, 1.82) is 0 Å². The van der Waals surface area contributed by atoms with E-state index in [9.17, 15) is 0 Å². The first-order valence-electron chi connectivity index (χ1n) is 5.21. The van der Waals surface area contributed by atoms with Crippen molar-refractivity contribution in [3.8, 4) is 11.1 Å². The lowest BCUT2D eigenvalue weighted by molar-refractivity contribution is 0.501. The first-order chi connectivity index (χ1) is 7.70. The first-order valence-corrected chi connectivity index (χ1v) is 6.28. The molecular formula is C12H14IN3. The van der Waals surface area contributed by atoms with E-state index in [1.807, 2.05) is 17.1 Å². The van der Waals surface area contributed by atoms with Gasteiger partial charge in [-0.25, -0.2) is 0 Å². The zero-order chi connectivity index (χ0) is 11.5. The Kier molecular flexibility index (Phi) is 3.60. The van der Waals surface area contributed by atoms with Gasteiger partial charge in [0.15, 0.2) is 0 Å². The molecule has 0 fully saturated rings. The molecule has 0 saturated heterocycles. The largest absolute Gasteiger partial charge is 0.328 e. The number of nitrogens with zero attached hydrogens (tertiary/aromatic N) is 2. The van der Waals surface area contributed by atoms with Gasteiger partial charge >= 0.3 is 0 Å². The third-order valence-corrected chi connectivity index (χ3v) is 3.29. The van der Waals surface area contributed by atoms with Gasteiger partial charge in [0.25, 0.3) is 0 Å². The standard InChI is InChI=1S/C12H14IN3/c1-9(6-14)16-8-11(7-15-16)10-2-4-12(13)5-3-10/h2-5,7-9H,6,14H2,1H3. The number of hydrogen-bond acceptors (Lipinski definition) is 2. The molecular weight excluding hydrogens is 313 g/mol. The molecule has 0 saturated carbocycles. The fourth-order valence-corrected chi connectivity index (χ4v) is 1.84. The number of aromatic nitrogens is 2. The van der Waals surface area contributed by atoms with E-state index >= 15 is 0 Å². The van der Waals surface area contributed by atoms with Gasteiger partial charge in [-0.05, 0) is 47.2 Å². The highest BCUT2D eigenvalue weighted by atomic mass is 127. The maximum atomic E-state index is 5.61. The van der Waals surface area contributed by atoms with Gasteiger partial charge in [0.05, 0.1) is 12.2 Å². The summed E-state index contributed by atoms with van der Waals surface area (Å²) in [6.45, 7) is 2.67. The van der Waals surface area contributed by atoms with Crippen LogP contribution in [0, 0.1) is 3.57 Å². The minimum absolute atomic E-state index is 0.248. The lowest BCUT2D eigenvalue weighted by atomic mass is 10.1. The molecule has 0 aliphatic rings. The lowest BCUT2D eigenvalue weighted by Crippen LogP contribution is -2.16. The Labute approximate surface area is 109 Å². The van der Waals surface area contributed by atoms with Gasteiger partial charge in [0, 0.05) is 21.9 Å². The van der Waals surface area contributed by atoms with Gasteiger partial charge in [0.1, 0.15) is 0 Å². The van der Waals surface area contributed by atoms with Gasteiger partial charge in [-0.1, -0.05) is 12.1 Å². The van der Waals surface area contributed by atoms with Crippen LogP contribution in [0.2, 0.25) is 0 Å². The molecule has 1 aromatic heterocycles. The fraction of sp³-hybridized carbons (Fsp3) is 0.250. The van der Waals surface area contributed by atoms with Crippen molar-refractivity contribution < 1.29 is 0 Å². The van der Waals surface area contributed by atoms with Gasteiger partial charge in [0.2, 0.25) is 0 Å². The minimum Gasteiger partial charge on any atom is -0.328 e. The van der Waals surface area contributed by atoms with Crippen LogP contribution in [0.5, 0.6) is 0 Å². The maximum Gasteiger partial charge on any atom is 0.0613 e. The number of halogens is 1. The van der Waals surface area contributed by atoms with E-state index in [-0.39, 0.29) is 6.04 Å². The second kappa shape index (κ2) is 4.97. The highest BCUT2D eigenvalue weighted by molar-refractivity contribution is 14.1. The van der Waals surface area contributed by atoms with Crippen molar-refractivity contribution in [2.75, 3.05) is 6.54 Å². The summed E-state index contributed by atoms with van der Waals surface area (Å²) in [6, 6.07) is 8.66. The van der Waals surface area contributed by atoms with E-state index in [0.29, 0.717) is 6.54 Å². The smallest absolute Gasteiger partial charge is 0.0613 e. The molecule has 3 nitrogen and oxygen atoms in total. The Bertz CT molecular complexity index is 461. The van der Waals surface area contributed by atoms with Crippen molar-refractivity contribution in [3.05, 3.63) is 40.2 Å². The van der Waals surface area contributed by atoms with Crippen LogP contribution in [0.3, 0.4) is 0 Å². The average molecular weight is 327 g/mol. The molecule has 0 amide bonds. The summed E-state index contributed by atoms with van der Waals surface area (Å²) in [5.74, 6) is 0. The number of benzene rings is 1. The molecule has 0 bridgehead atoms. The minimum atomic E-state index is 0.248. The van der Waals surface area contributed by atoms with E-state index in [1.54, 1.807) is 0 Å². The molecule has 0 radical (unpaired) electrons. The van der Waals surface area contributed by atoms with Crippen molar-refractivity contribution in [2.45, 2.75) is 13.0 Å². The second-order valence-electron chi connectivity index (χ2n) is 3.80. The number of nitrogens with two attached hydrogens (primary N) is 1. The van der Waals surface area contributed by atoms with Gasteiger partial charge in [-0.3, -0.25) is 4.68 Å². The number of rotatable bonds is 3. The monoisotopic (exact) mass is 327 g/mol. The Hall–Kier alpha value is -0.880. The second-order valence-corrected chi connectivity index (χ2v) is 5.05. The summed E-state index contributed by atoms with van der Waals surface area (Å²) in [5, 5.41) is 4.32. The summed E-state index contributed by atoms with van der Waals surface area (Å²) in [7, 11) is 0. The first kappa shape index (κ1) is 11.6. The maximum absolute atomic E-state index is 5.61. The van der Waals surface area contributed by atoms with E-state index in [2.05, 4.69) is 58.9 Å². The molecule has 1 unspecified atom stereocenters. The van der Waals surface area contributed by atoms with Crippen LogP contribution in [-0.2, 0) is 0 Å². The van der Waals surface area contributed by atoms with Crippen LogP contribution in [0.4, 0.5) is 0 Å². The van der Waals surface area contributed by atoms with E-state index < -0.39 is 0 Å². The molecule has 2 aromatic rings. The highest BCUT2D eigenvalue weighted by Crippen LogP contribution is 2.20. The van der Waals surface area contributed by atoms with Crippen LogP contribution in [-0.4, -0.2) is 16.3 Å².